The summed E-state index contributed by atoms with van der Waals surface area (Å²) in [6, 6.07) is 8.78. The van der Waals surface area contributed by atoms with Crippen molar-refractivity contribution >= 4 is 35.0 Å². The van der Waals surface area contributed by atoms with Gasteiger partial charge < -0.3 is 9.47 Å². The number of carbonyl (C=O) groups excluding carboxylic acids is 1. The van der Waals surface area contributed by atoms with E-state index < -0.39 is 21.7 Å². The summed E-state index contributed by atoms with van der Waals surface area (Å²) in [6.07, 6.45) is 2.82. The van der Waals surface area contributed by atoms with Gasteiger partial charge in [-0.1, -0.05) is 39.0 Å². The molecule has 35 heavy (non-hydrogen) atoms. The standard InChI is InChI=1S/C25H23FN2O6S/c1-25(2,3)21(29)11-22-27(24(30)20(35-22)10-15-6-4-5-7-19(15)26)12-16-8-18(28(31)32)9-17-13-33-14-34-23(16)17/h4-11H,12-14H2,1-3H3/b20-10-,22-11?. The molecule has 0 amide bonds. The zero-order valence-corrected chi connectivity index (χ0v) is 20.2. The van der Waals surface area contributed by atoms with Crippen molar-refractivity contribution in [2.45, 2.75) is 33.9 Å². The van der Waals surface area contributed by atoms with Gasteiger partial charge in [-0.25, -0.2) is 4.39 Å². The fourth-order valence-electron chi connectivity index (χ4n) is 3.53. The summed E-state index contributed by atoms with van der Waals surface area (Å²) < 4.78 is 27.0. The van der Waals surface area contributed by atoms with Gasteiger partial charge in [-0.3, -0.25) is 24.3 Å². The van der Waals surface area contributed by atoms with Crippen molar-refractivity contribution in [1.29, 1.82) is 0 Å². The van der Waals surface area contributed by atoms with Crippen molar-refractivity contribution in [3.05, 3.63) is 88.6 Å². The van der Waals surface area contributed by atoms with Crippen LogP contribution in [0.4, 0.5) is 10.1 Å². The molecule has 10 heteroatoms. The number of Topliss-reactive ketones (excluding diaryl/α,β-unsaturated/α-hetero) is 1. The first kappa shape index (κ1) is 24.5. The second-order valence-electron chi connectivity index (χ2n) is 9.08. The van der Waals surface area contributed by atoms with Crippen molar-refractivity contribution < 1.29 is 23.6 Å². The third-order valence-electron chi connectivity index (χ3n) is 5.43. The van der Waals surface area contributed by atoms with E-state index >= 15 is 0 Å². The first-order valence-electron chi connectivity index (χ1n) is 10.8. The van der Waals surface area contributed by atoms with Gasteiger partial charge in [-0.15, -0.1) is 11.3 Å². The number of aromatic nitrogens is 1. The average molecular weight is 499 g/mol. The summed E-state index contributed by atoms with van der Waals surface area (Å²) in [7, 11) is 0. The van der Waals surface area contributed by atoms with Gasteiger partial charge in [0, 0.05) is 40.3 Å². The van der Waals surface area contributed by atoms with Gasteiger partial charge >= 0.3 is 0 Å². The molecule has 0 saturated heterocycles. The van der Waals surface area contributed by atoms with Gasteiger partial charge in [0.15, 0.2) is 12.6 Å². The zero-order chi connectivity index (χ0) is 25.3. The number of thiazole rings is 1. The molecule has 2 aromatic carbocycles. The highest BCUT2D eigenvalue weighted by molar-refractivity contribution is 7.07. The molecule has 0 spiro atoms. The summed E-state index contributed by atoms with van der Waals surface area (Å²) in [4.78, 5) is 37.2. The Morgan fingerprint density at radius 1 is 1.29 bits per heavy atom. The number of nitro groups is 1. The molecule has 182 valence electrons. The molecule has 0 atom stereocenters. The topological polar surface area (TPSA) is 101 Å². The molecule has 1 aliphatic rings. The fourth-order valence-corrected chi connectivity index (χ4v) is 4.56. The van der Waals surface area contributed by atoms with Crippen molar-refractivity contribution in [2.75, 3.05) is 6.79 Å². The minimum absolute atomic E-state index is 0.0237. The van der Waals surface area contributed by atoms with Crippen molar-refractivity contribution in [2.24, 2.45) is 5.41 Å². The largest absolute Gasteiger partial charge is 0.467 e. The first-order valence-corrected chi connectivity index (χ1v) is 11.6. The highest BCUT2D eigenvalue weighted by atomic mass is 32.1. The van der Waals surface area contributed by atoms with E-state index in [1.54, 1.807) is 39.0 Å². The lowest BCUT2D eigenvalue weighted by Crippen LogP contribution is -2.33. The van der Waals surface area contributed by atoms with Crippen LogP contribution in [0.3, 0.4) is 0 Å². The molecule has 2 heterocycles. The van der Waals surface area contributed by atoms with E-state index in [9.17, 15) is 24.1 Å². The first-order chi connectivity index (χ1) is 16.5. The number of nitrogens with zero attached hydrogens (tertiary/aromatic N) is 2. The van der Waals surface area contributed by atoms with Crippen LogP contribution in [0, 0.1) is 21.3 Å². The number of non-ortho nitro benzene ring substituents is 1. The molecule has 0 unspecified atom stereocenters. The smallest absolute Gasteiger partial charge is 0.270 e. The SMILES string of the molecule is CC(C)(C)C(=O)C=c1s/c(=C\c2ccccc2F)c(=O)n1Cc1cc([N+](=O)[O-])cc2c1OCOC2. The highest BCUT2D eigenvalue weighted by Gasteiger charge is 2.23. The molecule has 8 nitrogen and oxygen atoms in total. The maximum Gasteiger partial charge on any atom is 0.270 e. The lowest BCUT2D eigenvalue weighted by atomic mass is 9.91. The molecule has 0 bridgehead atoms. The Kier molecular flexibility index (Phi) is 6.68. The highest BCUT2D eigenvalue weighted by Crippen LogP contribution is 2.32. The third kappa shape index (κ3) is 5.23. The summed E-state index contributed by atoms with van der Waals surface area (Å²) in [5.41, 5.74) is -0.152. The van der Waals surface area contributed by atoms with Gasteiger partial charge in [0.2, 0.25) is 0 Å². The molecule has 1 aromatic heterocycles. The Morgan fingerprint density at radius 2 is 2.03 bits per heavy atom. The van der Waals surface area contributed by atoms with Crippen LogP contribution in [0.5, 0.6) is 5.75 Å². The second kappa shape index (κ2) is 9.55. The Morgan fingerprint density at radius 3 is 2.71 bits per heavy atom. The third-order valence-corrected chi connectivity index (χ3v) is 6.49. The maximum atomic E-state index is 14.2. The van der Waals surface area contributed by atoms with Crippen LogP contribution in [0.15, 0.2) is 41.2 Å². The number of ketones is 1. The predicted octanol–water partition coefficient (Wildman–Crippen LogP) is 3.10. The Labute approximate surface area is 203 Å². The summed E-state index contributed by atoms with van der Waals surface area (Å²) in [6.45, 7) is 5.32. The molecule has 3 aromatic rings. The number of rotatable bonds is 5. The van der Waals surface area contributed by atoms with Crippen LogP contribution >= 0.6 is 11.3 Å². The van der Waals surface area contributed by atoms with E-state index in [2.05, 4.69) is 0 Å². The Bertz CT molecular complexity index is 1500. The monoisotopic (exact) mass is 498 g/mol. The van der Waals surface area contributed by atoms with Gasteiger partial charge in [0.05, 0.1) is 22.6 Å². The molecule has 4 rings (SSSR count). The molecule has 1 aliphatic heterocycles. The summed E-state index contributed by atoms with van der Waals surface area (Å²) >= 11 is 1.05. The Balaban J connectivity index is 1.93. The normalized spacial score (nSPS) is 14.5. The molecule has 0 fully saturated rings. The zero-order valence-electron chi connectivity index (χ0n) is 19.4. The number of ether oxygens (including phenoxy) is 2. The quantitative estimate of drug-likeness (QED) is 0.396. The van der Waals surface area contributed by atoms with Gasteiger partial charge in [0.1, 0.15) is 16.2 Å². The maximum absolute atomic E-state index is 14.2. The number of fused-ring (bicyclic) bond motifs is 1. The van der Waals surface area contributed by atoms with Crippen molar-refractivity contribution in [1.82, 2.24) is 4.57 Å². The molecule has 0 aliphatic carbocycles. The predicted molar refractivity (Wildman–Crippen MR) is 129 cm³/mol. The van der Waals surface area contributed by atoms with Crippen molar-refractivity contribution in [3.63, 3.8) is 0 Å². The lowest BCUT2D eigenvalue weighted by Gasteiger charge is -2.20. The van der Waals surface area contributed by atoms with Crippen LogP contribution < -0.4 is 19.5 Å². The lowest BCUT2D eigenvalue weighted by molar-refractivity contribution is -0.385. The number of carbonyl (C=O) groups is 1. The summed E-state index contributed by atoms with van der Waals surface area (Å²) in [5.74, 6) is -0.271. The number of benzene rings is 2. The number of halogens is 1. The fraction of sp³-hybridized carbons (Fsp3) is 0.280. The Hall–Kier alpha value is -3.63. The summed E-state index contributed by atoms with van der Waals surface area (Å²) in [5, 5.41) is 11.5. The minimum atomic E-state index is -0.689. The van der Waals surface area contributed by atoms with E-state index in [1.165, 1.54) is 34.9 Å². The van der Waals surface area contributed by atoms with E-state index in [-0.39, 0.29) is 41.5 Å². The number of hydrogen-bond acceptors (Lipinski definition) is 7. The van der Waals surface area contributed by atoms with Crippen molar-refractivity contribution in [3.8, 4) is 5.75 Å². The second-order valence-corrected chi connectivity index (χ2v) is 10.1. The minimum Gasteiger partial charge on any atom is -0.467 e. The molecular formula is C25H23FN2O6S. The van der Waals surface area contributed by atoms with Crippen LogP contribution in [0.1, 0.15) is 37.5 Å². The van der Waals surface area contributed by atoms with E-state index in [1.807, 2.05) is 0 Å². The van der Waals surface area contributed by atoms with Crippen LogP contribution in [0.2, 0.25) is 0 Å². The number of nitro benzene ring substituents is 1. The number of hydrogen-bond donors (Lipinski definition) is 0. The van der Waals surface area contributed by atoms with Crippen LogP contribution in [-0.2, 0) is 22.7 Å². The van der Waals surface area contributed by atoms with Crippen LogP contribution in [0.25, 0.3) is 12.2 Å². The van der Waals surface area contributed by atoms with E-state index in [0.717, 1.165) is 11.3 Å². The van der Waals surface area contributed by atoms with E-state index in [4.69, 9.17) is 9.47 Å². The molecule has 0 N–H and O–H groups in total. The van der Waals surface area contributed by atoms with Gasteiger partial charge in [-0.2, -0.15) is 0 Å². The van der Waals surface area contributed by atoms with E-state index in [0.29, 0.717) is 21.5 Å². The van der Waals surface area contributed by atoms with Crippen LogP contribution in [-0.4, -0.2) is 22.1 Å². The molecular weight excluding hydrogens is 475 g/mol. The molecule has 0 saturated carbocycles. The molecule has 0 radical (unpaired) electrons. The average Bonchev–Trinajstić information content (AvgIpc) is 3.08. The van der Waals surface area contributed by atoms with Gasteiger partial charge in [0.25, 0.3) is 11.2 Å². The van der Waals surface area contributed by atoms with Gasteiger partial charge in [-0.05, 0) is 12.1 Å².